The van der Waals surface area contributed by atoms with Crippen molar-refractivity contribution < 1.29 is 17.9 Å². The Morgan fingerprint density at radius 3 is 2.26 bits per heavy atom. The lowest BCUT2D eigenvalue weighted by Crippen LogP contribution is -2.11. The molecule has 3 N–H and O–H groups in total. The van der Waals surface area contributed by atoms with E-state index in [0.717, 1.165) is 5.56 Å². The third kappa shape index (κ3) is 6.17. The van der Waals surface area contributed by atoms with E-state index in [-0.39, 0.29) is 11.7 Å². The normalized spacial score (nSPS) is 11.7. The Morgan fingerprint density at radius 1 is 1.04 bits per heavy atom. The molecular formula is C16H17FN2O3S. The Labute approximate surface area is 136 Å². The van der Waals surface area contributed by atoms with Gasteiger partial charge in [-0.3, -0.25) is 14.1 Å². The zero-order chi connectivity index (χ0) is 16.7. The second-order valence-corrected chi connectivity index (χ2v) is 5.66. The SMILES string of the molecule is O=C(CCCc1ccc(F)cc1)Nc1ccc(NS(=O)O)cc1. The monoisotopic (exact) mass is 336 g/mol. The lowest BCUT2D eigenvalue weighted by atomic mass is 10.1. The number of rotatable bonds is 7. The predicted molar refractivity (Wildman–Crippen MR) is 88.8 cm³/mol. The van der Waals surface area contributed by atoms with Crippen LogP contribution in [0.15, 0.2) is 48.5 Å². The standard InChI is InChI=1S/C16H17FN2O3S/c17-13-6-4-12(5-7-13)2-1-3-16(20)18-14-8-10-15(11-9-14)19-23(21)22/h4-11,19H,1-3H2,(H,18,20)(H,21,22). The van der Waals surface area contributed by atoms with Crippen molar-refractivity contribution in [2.24, 2.45) is 0 Å². The van der Waals surface area contributed by atoms with Crippen molar-refractivity contribution in [1.29, 1.82) is 0 Å². The molecule has 0 saturated carbocycles. The minimum Gasteiger partial charge on any atom is -0.326 e. The van der Waals surface area contributed by atoms with Crippen molar-refractivity contribution in [3.05, 3.63) is 59.9 Å². The van der Waals surface area contributed by atoms with Crippen molar-refractivity contribution in [3.8, 4) is 0 Å². The summed E-state index contributed by atoms with van der Waals surface area (Å²) in [6.07, 6.45) is 1.73. The average Bonchev–Trinajstić information content (AvgIpc) is 2.51. The highest BCUT2D eigenvalue weighted by Crippen LogP contribution is 2.14. The van der Waals surface area contributed by atoms with Crippen molar-refractivity contribution in [2.45, 2.75) is 19.3 Å². The summed E-state index contributed by atoms with van der Waals surface area (Å²) < 4.78 is 34.4. The summed E-state index contributed by atoms with van der Waals surface area (Å²) in [4.78, 5) is 11.8. The Kier molecular flexibility index (Phi) is 6.25. The molecule has 1 amide bonds. The van der Waals surface area contributed by atoms with Crippen LogP contribution in [0.1, 0.15) is 18.4 Å². The molecule has 1 atom stereocenters. The number of carbonyl (C=O) groups is 1. The molecule has 2 rings (SSSR count). The molecule has 2 aromatic carbocycles. The fourth-order valence-electron chi connectivity index (χ4n) is 2.05. The van der Waals surface area contributed by atoms with Gasteiger partial charge in [-0.25, -0.2) is 8.60 Å². The molecule has 0 saturated heterocycles. The van der Waals surface area contributed by atoms with Crippen molar-refractivity contribution in [1.82, 2.24) is 0 Å². The van der Waals surface area contributed by atoms with Crippen molar-refractivity contribution >= 4 is 28.5 Å². The fraction of sp³-hybridized carbons (Fsp3) is 0.188. The van der Waals surface area contributed by atoms with E-state index in [1.807, 2.05) is 0 Å². The van der Waals surface area contributed by atoms with Crippen LogP contribution in [0, 0.1) is 5.82 Å². The van der Waals surface area contributed by atoms with Gasteiger partial charge in [-0.05, 0) is 54.8 Å². The number of nitrogens with one attached hydrogen (secondary N) is 2. The first kappa shape index (κ1) is 17.1. The zero-order valence-corrected chi connectivity index (χ0v) is 13.1. The smallest absolute Gasteiger partial charge is 0.259 e. The number of hydrogen-bond acceptors (Lipinski definition) is 2. The van der Waals surface area contributed by atoms with Gasteiger partial charge in [-0.15, -0.1) is 0 Å². The summed E-state index contributed by atoms with van der Waals surface area (Å²) in [6, 6.07) is 12.7. The van der Waals surface area contributed by atoms with Gasteiger partial charge < -0.3 is 5.32 Å². The molecular weight excluding hydrogens is 319 g/mol. The quantitative estimate of drug-likeness (QED) is 0.679. The number of amides is 1. The highest BCUT2D eigenvalue weighted by atomic mass is 32.2. The number of anilines is 2. The van der Waals surface area contributed by atoms with E-state index in [4.69, 9.17) is 4.55 Å². The van der Waals surface area contributed by atoms with Crippen LogP contribution in [0.4, 0.5) is 15.8 Å². The van der Waals surface area contributed by atoms with Gasteiger partial charge >= 0.3 is 0 Å². The summed E-state index contributed by atoms with van der Waals surface area (Å²) >= 11 is -2.12. The fourth-order valence-corrected chi connectivity index (χ4v) is 2.39. The van der Waals surface area contributed by atoms with Crippen molar-refractivity contribution in [2.75, 3.05) is 10.0 Å². The maximum Gasteiger partial charge on any atom is 0.259 e. The van der Waals surface area contributed by atoms with E-state index in [2.05, 4.69) is 10.0 Å². The molecule has 0 heterocycles. The maximum absolute atomic E-state index is 12.8. The molecule has 0 radical (unpaired) electrons. The molecule has 0 fully saturated rings. The van der Waals surface area contributed by atoms with Gasteiger partial charge in [-0.1, -0.05) is 12.1 Å². The van der Waals surface area contributed by atoms with E-state index in [1.54, 1.807) is 36.4 Å². The Bertz CT molecular complexity index is 675. The summed E-state index contributed by atoms with van der Waals surface area (Å²) in [7, 11) is 0. The molecule has 23 heavy (non-hydrogen) atoms. The largest absolute Gasteiger partial charge is 0.326 e. The van der Waals surface area contributed by atoms with E-state index >= 15 is 0 Å². The minimum absolute atomic E-state index is 0.112. The Balaban J connectivity index is 1.76. The molecule has 2 aromatic rings. The number of aryl methyl sites for hydroxylation is 1. The van der Waals surface area contributed by atoms with Crippen LogP contribution in [0.25, 0.3) is 0 Å². The van der Waals surface area contributed by atoms with E-state index < -0.39 is 11.3 Å². The van der Waals surface area contributed by atoms with Crippen LogP contribution in [0.5, 0.6) is 0 Å². The van der Waals surface area contributed by atoms with Crippen LogP contribution in [0.3, 0.4) is 0 Å². The van der Waals surface area contributed by atoms with Gasteiger partial charge in [0.1, 0.15) is 5.82 Å². The highest BCUT2D eigenvalue weighted by molar-refractivity contribution is 7.80. The van der Waals surface area contributed by atoms with Gasteiger partial charge in [0.2, 0.25) is 5.91 Å². The summed E-state index contributed by atoms with van der Waals surface area (Å²) in [6.45, 7) is 0. The molecule has 0 aliphatic carbocycles. The maximum atomic E-state index is 12.8. The van der Waals surface area contributed by atoms with Gasteiger partial charge in [0.05, 0.1) is 0 Å². The first-order valence-electron chi connectivity index (χ1n) is 7.05. The first-order chi connectivity index (χ1) is 11.0. The molecule has 122 valence electrons. The lowest BCUT2D eigenvalue weighted by Gasteiger charge is -2.07. The molecule has 0 bridgehead atoms. The van der Waals surface area contributed by atoms with Crippen LogP contribution in [0.2, 0.25) is 0 Å². The molecule has 1 unspecified atom stereocenters. The number of hydrogen-bond donors (Lipinski definition) is 3. The number of halogens is 1. The van der Waals surface area contributed by atoms with E-state index in [9.17, 15) is 13.4 Å². The third-order valence-corrected chi connectivity index (χ3v) is 3.57. The summed E-state index contributed by atoms with van der Waals surface area (Å²) in [5.74, 6) is -0.381. The molecule has 0 aromatic heterocycles. The van der Waals surface area contributed by atoms with Gasteiger partial charge in [0, 0.05) is 17.8 Å². The first-order valence-corrected chi connectivity index (χ1v) is 8.15. The van der Waals surface area contributed by atoms with Gasteiger partial charge in [0.25, 0.3) is 11.3 Å². The lowest BCUT2D eigenvalue weighted by molar-refractivity contribution is -0.116. The molecule has 0 aliphatic rings. The third-order valence-electron chi connectivity index (χ3n) is 3.16. The summed E-state index contributed by atoms with van der Waals surface area (Å²) in [5, 5.41) is 2.75. The molecule has 5 nitrogen and oxygen atoms in total. The van der Waals surface area contributed by atoms with E-state index in [1.165, 1.54) is 12.1 Å². The zero-order valence-electron chi connectivity index (χ0n) is 12.3. The van der Waals surface area contributed by atoms with Crippen LogP contribution in [-0.4, -0.2) is 14.7 Å². The van der Waals surface area contributed by atoms with Crippen LogP contribution < -0.4 is 10.0 Å². The van der Waals surface area contributed by atoms with Crippen LogP contribution in [-0.2, 0) is 22.5 Å². The highest BCUT2D eigenvalue weighted by Gasteiger charge is 2.04. The average molecular weight is 336 g/mol. The Morgan fingerprint density at radius 2 is 1.65 bits per heavy atom. The van der Waals surface area contributed by atoms with Crippen molar-refractivity contribution in [3.63, 3.8) is 0 Å². The Hall–Kier alpha value is -2.25. The van der Waals surface area contributed by atoms with E-state index in [0.29, 0.717) is 30.6 Å². The van der Waals surface area contributed by atoms with Crippen LogP contribution >= 0.6 is 0 Å². The van der Waals surface area contributed by atoms with Gasteiger partial charge in [0.15, 0.2) is 0 Å². The van der Waals surface area contributed by atoms with Gasteiger partial charge in [-0.2, -0.15) is 0 Å². The minimum atomic E-state index is -2.12. The second kappa shape index (κ2) is 8.40. The summed E-state index contributed by atoms with van der Waals surface area (Å²) in [5.41, 5.74) is 2.10. The predicted octanol–water partition coefficient (Wildman–Crippen LogP) is 3.34. The topological polar surface area (TPSA) is 78.4 Å². The molecule has 0 spiro atoms. The number of carbonyl (C=O) groups excluding carboxylic acids is 1. The molecule has 7 heteroatoms. The second-order valence-electron chi connectivity index (χ2n) is 4.96. The molecule has 0 aliphatic heterocycles. The number of benzene rings is 2.